The van der Waals surface area contributed by atoms with Gasteiger partial charge in [0, 0.05) is 5.92 Å². The number of carbonyl (C=O) groups is 1. The molecule has 1 atom stereocenters. The SMILES string of the molecule is CC1(C)CC1C(=O)Nc1ccc(Oc2ccc(C#N)cc2)cn1. The highest BCUT2D eigenvalue weighted by atomic mass is 16.5. The highest BCUT2D eigenvalue weighted by molar-refractivity contribution is 5.94. The first-order valence-electron chi connectivity index (χ1n) is 7.43. The van der Waals surface area contributed by atoms with E-state index in [4.69, 9.17) is 10.00 Å². The van der Waals surface area contributed by atoms with Gasteiger partial charge in [0.25, 0.3) is 0 Å². The molecule has 0 aliphatic heterocycles. The Kier molecular flexibility index (Phi) is 3.75. The first-order valence-corrected chi connectivity index (χ1v) is 7.43. The van der Waals surface area contributed by atoms with Crippen LogP contribution in [0.25, 0.3) is 0 Å². The molecule has 0 bridgehead atoms. The number of benzene rings is 1. The van der Waals surface area contributed by atoms with Crippen LogP contribution in [0.5, 0.6) is 11.5 Å². The molecule has 0 spiro atoms. The van der Waals surface area contributed by atoms with Gasteiger partial charge < -0.3 is 10.1 Å². The Morgan fingerprint density at radius 1 is 1.26 bits per heavy atom. The molecule has 116 valence electrons. The summed E-state index contributed by atoms with van der Waals surface area (Å²) in [6.45, 7) is 4.17. The van der Waals surface area contributed by atoms with Crippen molar-refractivity contribution in [2.45, 2.75) is 20.3 Å². The number of nitriles is 1. The molecule has 1 saturated carbocycles. The van der Waals surface area contributed by atoms with Gasteiger partial charge in [-0.15, -0.1) is 0 Å². The second kappa shape index (κ2) is 5.73. The highest BCUT2D eigenvalue weighted by Crippen LogP contribution is 2.51. The number of amides is 1. The van der Waals surface area contributed by atoms with E-state index in [1.54, 1.807) is 42.6 Å². The Labute approximate surface area is 134 Å². The van der Waals surface area contributed by atoms with Gasteiger partial charge in [-0.3, -0.25) is 4.79 Å². The molecule has 1 heterocycles. The van der Waals surface area contributed by atoms with E-state index in [0.29, 0.717) is 22.9 Å². The van der Waals surface area contributed by atoms with Gasteiger partial charge in [0.1, 0.15) is 17.3 Å². The van der Waals surface area contributed by atoms with Crippen LogP contribution in [0.15, 0.2) is 42.6 Å². The zero-order valence-electron chi connectivity index (χ0n) is 13.0. The fourth-order valence-corrected chi connectivity index (χ4v) is 2.38. The summed E-state index contributed by atoms with van der Waals surface area (Å²) in [4.78, 5) is 16.2. The van der Waals surface area contributed by atoms with Crippen LogP contribution in [0.1, 0.15) is 25.8 Å². The third-order valence-corrected chi connectivity index (χ3v) is 4.04. The van der Waals surface area contributed by atoms with Crippen molar-refractivity contribution in [1.29, 1.82) is 5.26 Å². The van der Waals surface area contributed by atoms with Gasteiger partial charge >= 0.3 is 0 Å². The maximum Gasteiger partial charge on any atom is 0.229 e. The van der Waals surface area contributed by atoms with E-state index < -0.39 is 0 Å². The number of anilines is 1. The third kappa shape index (κ3) is 3.49. The van der Waals surface area contributed by atoms with Crippen molar-refractivity contribution in [3.05, 3.63) is 48.2 Å². The molecule has 1 aliphatic rings. The van der Waals surface area contributed by atoms with Crippen LogP contribution in [-0.4, -0.2) is 10.9 Å². The summed E-state index contributed by atoms with van der Waals surface area (Å²) >= 11 is 0. The van der Waals surface area contributed by atoms with E-state index in [9.17, 15) is 4.79 Å². The number of nitrogens with zero attached hydrogens (tertiary/aromatic N) is 2. The largest absolute Gasteiger partial charge is 0.456 e. The van der Waals surface area contributed by atoms with Gasteiger partial charge in [-0.1, -0.05) is 13.8 Å². The van der Waals surface area contributed by atoms with Crippen LogP contribution in [0.3, 0.4) is 0 Å². The molecule has 0 radical (unpaired) electrons. The fourth-order valence-electron chi connectivity index (χ4n) is 2.38. The maximum atomic E-state index is 12.0. The van der Waals surface area contributed by atoms with Crippen LogP contribution >= 0.6 is 0 Å². The summed E-state index contributed by atoms with van der Waals surface area (Å²) in [7, 11) is 0. The minimum atomic E-state index is 0.0169. The Morgan fingerprint density at radius 3 is 2.43 bits per heavy atom. The Balaban J connectivity index is 1.60. The number of rotatable bonds is 4. The summed E-state index contributed by atoms with van der Waals surface area (Å²) in [5.41, 5.74) is 0.680. The average molecular weight is 307 g/mol. The van der Waals surface area contributed by atoms with Crippen LogP contribution < -0.4 is 10.1 Å². The lowest BCUT2D eigenvalue weighted by molar-refractivity contribution is -0.118. The standard InChI is InChI=1S/C18H17N3O2/c1-18(2)9-15(18)17(22)21-16-8-7-14(11-20-16)23-13-5-3-12(10-19)4-6-13/h3-8,11,15H,9H2,1-2H3,(H,20,21,22). The minimum absolute atomic E-state index is 0.0169. The van der Waals surface area contributed by atoms with E-state index in [1.807, 2.05) is 0 Å². The van der Waals surface area contributed by atoms with Gasteiger partial charge in [-0.2, -0.15) is 5.26 Å². The van der Waals surface area contributed by atoms with Crippen molar-refractivity contribution in [1.82, 2.24) is 4.98 Å². The molecule has 1 unspecified atom stereocenters. The molecule has 0 saturated heterocycles. The van der Waals surface area contributed by atoms with E-state index >= 15 is 0 Å². The van der Waals surface area contributed by atoms with Gasteiger partial charge in [-0.25, -0.2) is 4.98 Å². The summed E-state index contributed by atoms with van der Waals surface area (Å²) in [6.07, 6.45) is 2.48. The molecular weight excluding hydrogens is 290 g/mol. The molecule has 2 aromatic rings. The summed E-state index contributed by atoms with van der Waals surface area (Å²) in [6, 6.07) is 12.3. The Hall–Kier alpha value is -2.87. The summed E-state index contributed by atoms with van der Waals surface area (Å²) in [5.74, 6) is 1.80. The fraction of sp³-hybridized carbons (Fsp3) is 0.278. The summed E-state index contributed by atoms with van der Waals surface area (Å²) < 4.78 is 5.65. The smallest absolute Gasteiger partial charge is 0.229 e. The molecule has 1 fully saturated rings. The molecule has 1 N–H and O–H groups in total. The normalized spacial score (nSPS) is 17.9. The first kappa shape index (κ1) is 15.0. The third-order valence-electron chi connectivity index (χ3n) is 4.04. The average Bonchev–Trinajstić information content (AvgIpc) is 3.19. The predicted octanol–water partition coefficient (Wildman–Crippen LogP) is 3.73. The summed E-state index contributed by atoms with van der Waals surface area (Å²) in [5, 5.41) is 11.6. The minimum Gasteiger partial charge on any atom is -0.456 e. The van der Waals surface area contributed by atoms with Gasteiger partial charge in [-0.05, 0) is 48.2 Å². The molecule has 3 rings (SSSR count). The zero-order valence-corrected chi connectivity index (χ0v) is 13.0. The van der Waals surface area contributed by atoms with Crippen molar-refractivity contribution in [3.8, 4) is 17.6 Å². The van der Waals surface area contributed by atoms with E-state index in [-0.39, 0.29) is 17.2 Å². The van der Waals surface area contributed by atoms with Gasteiger partial charge in [0.15, 0.2) is 0 Å². The molecule has 5 heteroatoms. The predicted molar refractivity (Wildman–Crippen MR) is 86.0 cm³/mol. The monoisotopic (exact) mass is 307 g/mol. The molecule has 5 nitrogen and oxygen atoms in total. The molecule has 1 aliphatic carbocycles. The lowest BCUT2D eigenvalue weighted by atomic mass is 10.1. The van der Waals surface area contributed by atoms with Crippen LogP contribution in [0.2, 0.25) is 0 Å². The van der Waals surface area contributed by atoms with Crippen LogP contribution in [0.4, 0.5) is 5.82 Å². The molecule has 23 heavy (non-hydrogen) atoms. The van der Waals surface area contributed by atoms with Crippen molar-refractivity contribution in [3.63, 3.8) is 0 Å². The number of ether oxygens (including phenoxy) is 1. The topological polar surface area (TPSA) is 75.0 Å². The number of nitrogens with one attached hydrogen (secondary N) is 1. The number of hydrogen-bond acceptors (Lipinski definition) is 4. The van der Waals surface area contributed by atoms with E-state index in [0.717, 1.165) is 6.42 Å². The number of carbonyl (C=O) groups excluding carboxylic acids is 1. The number of hydrogen-bond donors (Lipinski definition) is 1. The van der Waals surface area contributed by atoms with Crippen molar-refractivity contribution < 1.29 is 9.53 Å². The zero-order chi connectivity index (χ0) is 16.4. The van der Waals surface area contributed by atoms with Crippen molar-refractivity contribution >= 4 is 11.7 Å². The van der Waals surface area contributed by atoms with Gasteiger partial charge in [0.2, 0.25) is 5.91 Å². The lowest BCUT2D eigenvalue weighted by Gasteiger charge is -2.08. The second-order valence-corrected chi connectivity index (χ2v) is 6.35. The van der Waals surface area contributed by atoms with E-state index in [1.165, 1.54) is 0 Å². The van der Waals surface area contributed by atoms with E-state index in [2.05, 4.69) is 30.2 Å². The lowest BCUT2D eigenvalue weighted by Crippen LogP contribution is -2.17. The molecule has 1 amide bonds. The molecular formula is C18H17N3O2. The maximum absolute atomic E-state index is 12.0. The van der Waals surface area contributed by atoms with Gasteiger partial charge in [0.05, 0.1) is 17.8 Å². The number of aromatic nitrogens is 1. The Bertz CT molecular complexity index is 758. The van der Waals surface area contributed by atoms with Crippen molar-refractivity contribution in [2.24, 2.45) is 11.3 Å². The quantitative estimate of drug-likeness (QED) is 0.934. The second-order valence-electron chi connectivity index (χ2n) is 6.35. The van der Waals surface area contributed by atoms with Crippen LogP contribution in [0, 0.1) is 22.7 Å². The molecule has 1 aromatic carbocycles. The number of pyridine rings is 1. The first-order chi connectivity index (χ1) is 11.0. The molecule has 1 aromatic heterocycles. The Morgan fingerprint density at radius 2 is 1.91 bits per heavy atom. The van der Waals surface area contributed by atoms with Crippen LogP contribution in [-0.2, 0) is 4.79 Å². The highest BCUT2D eigenvalue weighted by Gasteiger charge is 2.50. The van der Waals surface area contributed by atoms with Crippen molar-refractivity contribution in [2.75, 3.05) is 5.32 Å².